The number of rotatable bonds is 5. The molecule has 0 fully saturated rings. The number of anilines is 1. The molecule has 3 aromatic rings. The summed E-state index contributed by atoms with van der Waals surface area (Å²) in [6, 6.07) is 5.30. The number of halogens is 1. The van der Waals surface area contributed by atoms with Crippen LogP contribution in [0.25, 0.3) is 0 Å². The summed E-state index contributed by atoms with van der Waals surface area (Å²) < 4.78 is 18.8. The van der Waals surface area contributed by atoms with E-state index >= 15 is 0 Å². The summed E-state index contributed by atoms with van der Waals surface area (Å²) in [6.07, 6.45) is 0. The molecule has 0 aliphatic carbocycles. The zero-order valence-electron chi connectivity index (χ0n) is 14.0. The Labute approximate surface area is 152 Å². The number of hydrogen-bond donors (Lipinski definition) is 2. The maximum atomic E-state index is 13.8. The molecule has 2 N–H and O–H groups in total. The van der Waals surface area contributed by atoms with Crippen LogP contribution in [0.2, 0.25) is 0 Å². The molecule has 0 radical (unpaired) electrons. The van der Waals surface area contributed by atoms with Crippen molar-refractivity contribution in [2.24, 2.45) is 0 Å². The van der Waals surface area contributed by atoms with Gasteiger partial charge >= 0.3 is 0 Å². The van der Waals surface area contributed by atoms with Gasteiger partial charge in [0, 0.05) is 22.7 Å². The highest BCUT2D eigenvalue weighted by Crippen LogP contribution is 2.16. The van der Waals surface area contributed by atoms with Gasteiger partial charge in [-0.3, -0.25) is 9.59 Å². The van der Waals surface area contributed by atoms with Gasteiger partial charge in [0.05, 0.1) is 11.6 Å². The first-order chi connectivity index (χ1) is 12.4. The highest BCUT2D eigenvalue weighted by atomic mass is 32.1. The van der Waals surface area contributed by atoms with E-state index in [-0.39, 0.29) is 23.5 Å². The van der Waals surface area contributed by atoms with Crippen LogP contribution in [0.1, 0.15) is 37.3 Å². The van der Waals surface area contributed by atoms with E-state index in [9.17, 15) is 14.0 Å². The second kappa shape index (κ2) is 7.44. The molecule has 2 amide bonds. The topological polar surface area (TPSA) is 97.1 Å². The lowest BCUT2D eigenvalue weighted by molar-refractivity contribution is 0.0948. The standard InChI is InChI=1S/C17H15FN4O3S/c1-9-3-14(22-25-9)7-19-16(23)11-4-12(18)6-13(5-11)21-17(24)15-8-26-10(2)20-15/h3-6,8H,7H2,1-2H3,(H,19,23)(H,21,24). The third-order valence-electron chi connectivity index (χ3n) is 3.38. The van der Waals surface area contributed by atoms with E-state index in [1.54, 1.807) is 25.3 Å². The first kappa shape index (κ1) is 17.7. The predicted molar refractivity (Wildman–Crippen MR) is 93.6 cm³/mol. The number of aromatic nitrogens is 2. The van der Waals surface area contributed by atoms with Crippen molar-refractivity contribution < 1.29 is 18.5 Å². The molecular formula is C17H15FN4O3S. The smallest absolute Gasteiger partial charge is 0.275 e. The molecule has 0 aliphatic rings. The fourth-order valence-corrected chi connectivity index (χ4v) is 2.82. The summed E-state index contributed by atoms with van der Waals surface area (Å²) in [7, 11) is 0. The lowest BCUT2D eigenvalue weighted by Crippen LogP contribution is -2.23. The van der Waals surface area contributed by atoms with Gasteiger partial charge in [0.15, 0.2) is 0 Å². The average molecular weight is 374 g/mol. The van der Waals surface area contributed by atoms with Crippen molar-refractivity contribution >= 4 is 28.8 Å². The van der Waals surface area contributed by atoms with Gasteiger partial charge in [-0.05, 0) is 32.0 Å². The lowest BCUT2D eigenvalue weighted by atomic mass is 10.1. The Morgan fingerprint density at radius 3 is 2.65 bits per heavy atom. The van der Waals surface area contributed by atoms with Crippen molar-refractivity contribution in [1.29, 1.82) is 0 Å². The monoisotopic (exact) mass is 374 g/mol. The molecule has 0 saturated heterocycles. The normalized spacial score (nSPS) is 10.6. The molecule has 0 bridgehead atoms. The molecule has 0 saturated carbocycles. The quantitative estimate of drug-likeness (QED) is 0.715. The van der Waals surface area contributed by atoms with Crippen LogP contribution < -0.4 is 10.6 Å². The number of amides is 2. The average Bonchev–Trinajstić information content (AvgIpc) is 3.20. The largest absolute Gasteiger partial charge is 0.361 e. The van der Waals surface area contributed by atoms with E-state index in [0.717, 1.165) is 17.1 Å². The Hall–Kier alpha value is -3.07. The Morgan fingerprint density at radius 2 is 2.00 bits per heavy atom. The number of benzene rings is 1. The van der Waals surface area contributed by atoms with Gasteiger partial charge in [-0.1, -0.05) is 5.16 Å². The fourth-order valence-electron chi connectivity index (χ4n) is 2.23. The molecule has 0 atom stereocenters. The highest BCUT2D eigenvalue weighted by molar-refractivity contribution is 7.09. The Balaban J connectivity index is 1.70. The lowest BCUT2D eigenvalue weighted by Gasteiger charge is -2.08. The first-order valence-corrected chi connectivity index (χ1v) is 8.53. The van der Waals surface area contributed by atoms with Crippen LogP contribution in [-0.4, -0.2) is 22.0 Å². The third-order valence-corrected chi connectivity index (χ3v) is 4.15. The minimum Gasteiger partial charge on any atom is -0.361 e. The summed E-state index contributed by atoms with van der Waals surface area (Å²) in [5, 5.41) is 11.3. The molecule has 26 heavy (non-hydrogen) atoms. The summed E-state index contributed by atoms with van der Waals surface area (Å²) in [5.41, 5.74) is 1.04. The molecule has 0 spiro atoms. The summed E-state index contributed by atoms with van der Waals surface area (Å²) in [6.45, 7) is 3.67. The molecular weight excluding hydrogens is 359 g/mol. The number of nitrogens with zero attached hydrogens (tertiary/aromatic N) is 2. The molecule has 0 unspecified atom stereocenters. The molecule has 0 aliphatic heterocycles. The second-order valence-electron chi connectivity index (χ2n) is 5.55. The van der Waals surface area contributed by atoms with Crippen LogP contribution in [-0.2, 0) is 6.54 Å². The van der Waals surface area contributed by atoms with Crippen LogP contribution in [0.4, 0.5) is 10.1 Å². The van der Waals surface area contributed by atoms with Crippen LogP contribution in [0, 0.1) is 19.7 Å². The number of carbonyl (C=O) groups is 2. The number of thiazole rings is 1. The fraction of sp³-hybridized carbons (Fsp3) is 0.176. The summed E-state index contributed by atoms with van der Waals surface area (Å²) >= 11 is 1.34. The van der Waals surface area contributed by atoms with Gasteiger partial charge in [-0.2, -0.15) is 0 Å². The van der Waals surface area contributed by atoms with Crippen molar-refractivity contribution in [1.82, 2.24) is 15.5 Å². The maximum absolute atomic E-state index is 13.8. The minimum atomic E-state index is -0.639. The van der Waals surface area contributed by atoms with Crippen molar-refractivity contribution in [2.45, 2.75) is 20.4 Å². The van der Waals surface area contributed by atoms with E-state index in [1.165, 1.54) is 17.4 Å². The second-order valence-corrected chi connectivity index (χ2v) is 6.61. The Kier molecular flexibility index (Phi) is 5.08. The highest BCUT2D eigenvalue weighted by Gasteiger charge is 2.14. The number of nitrogens with one attached hydrogen (secondary N) is 2. The van der Waals surface area contributed by atoms with Crippen LogP contribution in [0.5, 0.6) is 0 Å². The molecule has 1 aromatic carbocycles. The van der Waals surface area contributed by atoms with E-state index in [1.807, 2.05) is 0 Å². The van der Waals surface area contributed by atoms with Gasteiger partial charge in [0.2, 0.25) is 0 Å². The maximum Gasteiger partial charge on any atom is 0.275 e. The van der Waals surface area contributed by atoms with Crippen molar-refractivity contribution in [2.75, 3.05) is 5.32 Å². The number of hydrogen-bond acceptors (Lipinski definition) is 6. The van der Waals surface area contributed by atoms with Gasteiger partial charge in [0.25, 0.3) is 11.8 Å². The number of aryl methyl sites for hydroxylation is 2. The summed E-state index contributed by atoms with van der Waals surface area (Å²) in [5.74, 6) is -0.975. The SMILES string of the molecule is Cc1cc(CNC(=O)c2cc(F)cc(NC(=O)c3csc(C)n3)c2)no1. The van der Waals surface area contributed by atoms with Gasteiger partial charge in [-0.15, -0.1) is 11.3 Å². The summed E-state index contributed by atoms with van der Waals surface area (Å²) in [4.78, 5) is 28.4. The van der Waals surface area contributed by atoms with Crippen molar-refractivity contribution in [3.63, 3.8) is 0 Å². The van der Waals surface area contributed by atoms with Crippen LogP contribution >= 0.6 is 11.3 Å². The zero-order chi connectivity index (χ0) is 18.7. The van der Waals surface area contributed by atoms with E-state index in [0.29, 0.717) is 11.5 Å². The Morgan fingerprint density at radius 1 is 1.19 bits per heavy atom. The van der Waals surface area contributed by atoms with E-state index < -0.39 is 17.6 Å². The molecule has 2 aromatic heterocycles. The van der Waals surface area contributed by atoms with Gasteiger partial charge in [0.1, 0.15) is 23.0 Å². The van der Waals surface area contributed by atoms with Crippen molar-refractivity contribution in [3.05, 3.63) is 63.2 Å². The molecule has 3 rings (SSSR count). The molecule has 7 nitrogen and oxygen atoms in total. The molecule has 134 valence electrons. The molecule has 2 heterocycles. The third kappa shape index (κ3) is 4.31. The van der Waals surface area contributed by atoms with Crippen molar-refractivity contribution in [3.8, 4) is 0 Å². The number of carbonyl (C=O) groups excluding carboxylic acids is 2. The van der Waals surface area contributed by atoms with Gasteiger partial charge < -0.3 is 15.2 Å². The van der Waals surface area contributed by atoms with Gasteiger partial charge in [-0.25, -0.2) is 9.37 Å². The minimum absolute atomic E-state index is 0.0787. The molecule has 9 heteroatoms. The predicted octanol–water partition coefficient (Wildman–Crippen LogP) is 3.07. The zero-order valence-corrected chi connectivity index (χ0v) is 14.8. The van der Waals surface area contributed by atoms with Crippen LogP contribution in [0.3, 0.4) is 0 Å². The van der Waals surface area contributed by atoms with E-state index in [4.69, 9.17) is 4.52 Å². The Bertz CT molecular complexity index is 967. The van der Waals surface area contributed by atoms with Crippen LogP contribution in [0.15, 0.2) is 34.2 Å². The van der Waals surface area contributed by atoms with E-state index in [2.05, 4.69) is 20.8 Å². The first-order valence-electron chi connectivity index (χ1n) is 7.65.